The smallest absolute Gasteiger partial charge is 0.311 e. The predicted molar refractivity (Wildman–Crippen MR) is 163 cm³/mol. The number of fused-ring (bicyclic) bond motifs is 1. The molecule has 41 heavy (non-hydrogen) atoms. The molecule has 8 heteroatoms. The Morgan fingerprint density at radius 1 is 1.20 bits per heavy atom. The van der Waals surface area contributed by atoms with Gasteiger partial charge in [0, 0.05) is 17.8 Å². The maximum atomic E-state index is 14.5. The fourth-order valence-electron chi connectivity index (χ4n) is 7.15. The van der Waals surface area contributed by atoms with Crippen molar-refractivity contribution in [3.8, 4) is 0 Å². The van der Waals surface area contributed by atoms with E-state index in [4.69, 9.17) is 4.74 Å². The van der Waals surface area contributed by atoms with Crippen molar-refractivity contribution in [2.45, 2.75) is 86.8 Å². The molecule has 0 aromatic heterocycles. The number of unbranched alkanes of at least 4 members (excludes halogenated alkanes) is 3. The maximum Gasteiger partial charge on any atom is 0.311 e. The molecular weight excluding hydrogens is 536 g/mol. The maximum absolute atomic E-state index is 14.5. The topological polar surface area (TPSA) is 87.1 Å². The largest absolute Gasteiger partial charge is 0.465 e. The van der Waals surface area contributed by atoms with Crippen LogP contribution in [0.1, 0.15) is 64.4 Å². The number of esters is 1. The van der Waals surface area contributed by atoms with Crippen LogP contribution in [0.15, 0.2) is 55.6 Å². The highest BCUT2D eigenvalue weighted by Crippen LogP contribution is 2.71. The van der Waals surface area contributed by atoms with Crippen molar-refractivity contribution >= 4 is 29.5 Å². The SMILES string of the molecule is C=CCCCCOC(=O)[C@@H]1[C@H]2C(=O)N([C@@H](CO)Cc3ccccc3)C(C(=O)N(CC=C)CCCC)C23CC[C@@]1(C)S3. The molecule has 224 valence electrons. The van der Waals surface area contributed by atoms with Gasteiger partial charge in [-0.3, -0.25) is 14.4 Å². The molecule has 0 saturated carbocycles. The van der Waals surface area contributed by atoms with Gasteiger partial charge in [0.2, 0.25) is 11.8 Å². The van der Waals surface area contributed by atoms with Crippen molar-refractivity contribution in [2.24, 2.45) is 11.8 Å². The summed E-state index contributed by atoms with van der Waals surface area (Å²) in [6.07, 6.45) is 9.66. The summed E-state index contributed by atoms with van der Waals surface area (Å²) < 4.78 is 4.55. The van der Waals surface area contributed by atoms with Crippen LogP contribution in [0, 0.1) is 11.8 Å². The third kappa shape index (κ3) is 6.00. The summed E-state index contributed by atoms with van der Waals surface area (Å²) in [5.74, 6) is -1.97. The molecule has 6 atom stereocenters. The van der Waals surface area contributed by atoms with Crippen LogP contribution in [0.3, 0.4) is 0 Å². The van der Waals surface area contributed by atoms with Crippen LogP contribution in [0.4, 0.5) is 0 Å². The first kappa shape index (κ1) is 31.4. The first-order chi connectivity index (χ1) is 19.8. The van der Waals surface area contributed by atoms with Gasteiger partial charge in [-0.1, -0.05) is 55.8 Å². The van der Waals surface area contributed by atoms with Gasteiger partial charge < -0.3 is 19.6 Å². The minimum absolute atomic E-state index is 0.115. The zero-order chi connectivity index (χ0) is 29.6. The molecule has 0 aliphatic carbocycles. The van der Waals surface area contributed by atoms with Gasteiger partial charge in [-0.15, -0.1) is 24.9 Å². The van der Waals surface area contributed by atoms with E-state index in [1.54, 1.807) is 27.6 Å². The second kappa shape index (κ2) is 13.6. The van der Waals surface area contributed by atoms with Gasteiger partial charge in [0.15, 0.2) is 0 Å². The summed E-state index contributed by atoms with van der Waals surface area (Å²) in [7, 11) is 0. The van der Waals surface area contributed by atoms with Crippen molar-refractivity contribution < 1.29 is 24.2 Å². The minimum atomic E-state index is -0.769. The van der Waals surface area contributed by atoms with E-state index in [1.807, 2.05) is 36.4 Å². The van der Waals surface area contributed by atoms with Crippen LogP contribution in [0.2, 0.25) is 0 Å². The lowest BCUT2D eigenvalue weighted by molar-refractivity contribution is -0.156. The number of rotatable bonds is 16. The molecule has 2 bridgehead atoms. The molecule has 1 aromatic rings. The number of carbonyl (C=O) groups is 3. The summed E-state index contributed by atoms with van der Waals surface area (Å²) in [5.41, 5.74) is 0.980. The number of thioether (sulfide) groups is 1. The fourth-order valence-corrected chi connectivity index (χ4v) is 9.48. The van der Waals surface area contributed by atoms with Gasteiger partial charge in [-0.05, 0) is 57.4 Å². The number of aliphatic hydroxyl groups excluding tert-OH is 1. The number of aliphatic hydroxyl groups is 1. The number of ether oxygens (including phenoxy) is 1. The van der Waals surface area contributed by atoms with E-state index in [1.165, 1.54) is 0 Å². The van der Waals surface area contributed by atoms with Crippen LogP contribution >= 0.6 is 11.8 Å². The third-order valence-electron chi connectivity index (χ3n) is 9.11. The van der Waals surface area contributed by atoms with E-state index < -0.39 is 33.4 Å². The fraction of sp³-hybridized carbons (Fsp3) is 0.606. The molecule has 3 saturated heterocycles. The monoisotopic (exact) mass is 582 g/mol. The van der Waals surface area contributed by atoms with Crippen LogP contribution in [0.25, 0.3) is 0 Å². The van der Waals surface area contributed by atoms with Crippen molar-refractivity contribution in [1.29, 1.82) is 0 Å². The van der Waals surface area contributed by atoms with Crippen LogP contribution in [0.5, 0.6) is 0 Å². The van der Waals surface area contributed by atoms with Crippen molar-refractivity contribution in [3.05, 3.63) is 61.2 Å². The normalized spacial score (nSPS) is 28.8. The Morgan fingerprint density at radius 2 is 1.95 bits per heavy atom. The Hall–Kier alpha value is -2.58. The Labute approximate surface area is 249 Å². The van der Waals surface area contributed by atoms with Crippen molar-refractivity contribution in [3.63, 3.8) is 0 Å². The number of hydrogen-bond acceptors (Lipinski definition) is 6. The quantitative estimate of drug-likeness (QED) is 0.171. The van der Waals surface area contributed by atoms with Gasteiger partial charge in [0.05, 0.1) is 35.8 Å². The molecule has 3 heterocycles. The summed E-state index contributed by atoms with van der Waals surface area (Å²) in [6, 6.07) is 8.38. The molecule has 4 rings (SSSR count). The molecule has 3 aliphatic heterocycles. The second-order valence-electron chi connectivity index (χ2n) is 11.9. The Morgan fingerprint density at radius 3 is 2.61 bits per heavy atom. The second-order valence-corrected chi connectivity index (χ2v) is 13.8. The first-order valence-corrected chi connectivity index (χ1v) is 15.9. The Bertz CT molecular complexity index is 1110. The highest BCUT2D eigenvalue weighted by atomic mass is 32.2. The zero-order valence-electron chi connectivity index (χ0n) is 24.6. The predicted octanol–water partition coefficient (Wildman–Crippen LogP) is 4.79. The molecule has 1 spiro atoms. The van der Waals surface area contributed by atoms with Gasteiger partial charge in [-0.2, -0.15) is 0 Å². The first-order valence-electron chi connectivity index (χ1n) is 15.1. The minimum Gasteiger partial charge on any atom is -0.465 e. The van der Waals surface area contributed by atoms with Gasteiger partial charge >= 0.3 is 5.97 Å². The molecule has 2 unspecified atom stereocenters. The van der Waals surface area contributed by atoms with Crippen LogP contribution in [-0.4, -0.2) is 80.6 Å². The Balaban J connectivity index is 1.72. The molecule has 1 aromatic carbocycles. The summed E-state index contributed by atoms with van der Waals surface area (Å²) in [6.45, 7) is 12.8. The number of allylic oxidation sites excluding steroid dienone is 1. The molecule has 7 nitrogen and oxygen atoms in total. The third-order valence-corrected chi connectivity index (χ3v) is 11.1. The highest BCUT2D eigenvalue weighted by molar-refractivity contribution is 8.02. The number of carbonyl (C=O) groups excluding carboxylic acids is 3. The lowest BCUT2D eigenvalue weighted by Gasteiger charge is -2.39. The number of hydrogen-bond donors (Lipinski definition) is 1. The lowest BCUT2D eigenvalue weighted by atomic mass is 9.66. The average Bonchev–Trinajstić information content (AvgIpc) is 3.54. The number of nitrogens with zero attached hydrogens (tertiary/aromatic N) is 2. The molecular formula is C33H46N2O5S. The van der Waals surface area contributed by atoms with Crippen LogP contribution in [-0.2, 0) is 25.5 Å². The number of likely N-dealkylation sites (tertiary alicyclic amines) is 1. The average molecular weight is 583 g/mol. The molecule has 2 amide bonds. The zero-order valence-corrected chi connectivity index (χ0v) is 25.4. The van der Waals surface area contributed by atoms with Crippen LogP contribution < -0.4 is 0 Å². The molecule has 0 radical (unpaired) electrons. The van der Waals surface area contributed by atoms with Gasteiger partial charge in [0.25, 0.3) is 0 Å². The van der Waals surface area contributed by atoms with E-state index in [0.717, 1.165) is 44.1 Å². The summed E-state index contributed by atoms with van der Waals surface area (Å²) >= 11 is 1.64. The lowest BCUT2D eigenvalue weighted by Crippen LogP contribution is -2.58. The summed E-state index contributed by atoms with van der Waals surface area (Å²) in [5, 5.41) is 10.7. The highest BCUT2D eigenvalue weighted by Gasteiger charge is 2.78. The van der Waals surface area contributed by atoms with E-state index in [0.29, 0.717) is 32.5 Å². The number of amides is 2. The molecule has 3 aliphatic rings. The summed E-state index contributed by atoms with van der Waals surface area (Å²) in [4.78, 5) is 46.2. The van der Waals surface area contributed by atoms with E-state index in [-0.39, 0.29) is 24.4 Å². The Kier molecular flexibility index (Phi) is 10.4. The molecule has 1 N–H and O–H groups in total. The van der Waals surface area contributed by atoms with Crippen molar-refractivity contribution in [1.82, 2.24) is 9.80 Å². The molecule has 3 fully saturated rings. The van der Waals surface area contributed by atoms with E-state index in [2.05, 4.69) is 27.0 Å². The van der Waals surface area contributed by atoms with Gasteiger partial charge in [-0.25, -0.2) is 0 Å². The van der Waals surface area contributed by atoms with E-state index in [9.17, 15) is 19.5 Å². The van der Waals surface area contributed by atoms with Crippen molar-refractivity contribution in [2.75, 3.05) is 26.3 Å². The standard InChI is InChI=1S/C33H46N2O5S/c1-5-8-10-14-21-40-31(39)27-26-29(37)35(25(23-36)22-24-15-12-11-13-16-24)28(33(26)18-17-32(27,4)41-33)30(38)34(19-7-3)20-9-6-2/h5,7,11-13,15-16,25-28,36H,1,3,6,8-10,14,17-23H2,2,4H3/t25-,26+,27+,28?,32-,33?/m1/s1. The number of benzene rings is 1. The van der Waals surface area contributed by atoms with Gasteiger partial charge in [0.1, 0.15) is 6.04 Å². The van der Waals surface area contributed by atoms with E-state index >= 15 is 0 Å².